The number of likely N-dealkylation sites (tertiary alicyclic amines) is 1. The first-order chi connectivity index (χ1) is 13.5. The molecule has 0 bridgehead atoms. The minimum Gasteiger partial charge on any atom is -0.338 e. The molecule has 4 rings (SSSR count). The summed E-state index contributed by atoms with van der Waals surface area (Å²) in [7, 11) is 2.08. The topological polar surface area (TPSA) is 38.8 Å². The van der Waals surface area contributed by atoms with Crippen molar-refractivity contribution in [3.63, 3.8) is 0 Å². The number of carbonyl (C=O) groups is 1. The van der Waals surface area contributed by atoms with Gasteiger partial charge in [0.1, 0.15) is 11.6 Å². The fraction of sp³-hybridized carbons (Fsp3) is 0.381. The molecule has 28 heavy (non-hydrogen) atoms. The van der Waals surface area contributed by atoms with Gasteiger partial charge in [0.2, 0.25) is 0 Å². The zero-order valence-electron chi connectivity index (χ0n) is 15.9. The molecule has 0 spiro atoms. The first-order valence-corrected chi connectivity index (χ1v) is 9.60. The van der Waals surface area contributed by atoms with Gasteiger partial charge in [-0.25, -0.2) is 13.6 Å². The normalized spacial score (nSPS) is 18.1. The summed E-state index contributed by atoms with van der Waals surface area (Å²) in [6.45, 7) is 2.90. The summed E-state index contributed by atoms with van der Waals surface area (Å²) in [4.78, 5) is 18.8. The molecule has 1 N–H and O–H groups in total. The molecule has 5 nitrogen and oxygen atoms in total. The van der Waals surface area contributed by atoms with E-state index in [0.29, 0.717) is 24.5 Å². The van der Waals surface area contributed by atoms with Crippen molar-refractivity contribution >= 4 is 23.1 Å². The lowest BCUT2D eigenvalue weighted by Crippen LogP contribution is -2.52. The molecule has 148 valence electrons. The zero-order chi connectivity index (χ0) is 19.7. The lowest BCUT2D eigenvalue weighted by atomic mass is 10.1. The monoisotopic (exact) mass is 386 g/mol. The third-order valence-electron chi connectivity index (χ3n) is 5.50. The van der Waals surface area contributed by atoms with E-state index in [-0.39, 0.29) is 23.7 Å². The minimum absolute atomic E-state index is 0.152. The Balaban J connectivity index is 1.57. The maximum absolute atomic E-state index is 14.0. The van der Waals surface area contributed by atoms with Crippen LogP contribution in [0.2, 0.25) is 0 Å². The number of carbonyl (C=O) groups excluding carboxylic acids is 1. The number of anilines is 3. The number of rotatable bonds is 2. The summed E-state index contributed by atoms with van der Waals surface area (Å²) in [5.74, 6) is -0.692. The van der Waals surface area contributed by atoms with E-state index in [0.717, 1.165) is 31.6 Å². The summed E-state index contributed by atoms with van der Waals surface area (Å²) >= 11 is 0. The van der Waals surface area contributed by atoms with Gasteiger partial charge in [0.15, 0.2) is 0 Å². The second kappa shape index (κ2) is 7.75. The van der Waals surface area contributed by atoms with Crippen molar-refractivity contribution in [3.8, 4) is 0 Å². The maximum atomic E-state index is 14.0. The first kappa shape index (κ1) is 18.7. The van der Waals surface area contributed by atoms with Crippen molar-refractivity contribution in [2.45, 2.75) is 18.9 Å². The molecule has 2 aliphatic rings. The highest BCUT2D eigenvalue weighted by molar-refractivity contribution is 5.98. The molecular weight excluding hydrogens is 362 g/mol. The molecule has 2 aromatic carbocycles. The number of piperidine rings is 1. The number of nitrogens with one attached hydrogen (secondary N) is 1. The van der Waals surface area contributed by atoms with Crippen molar-refractivity contribution in [1.82, 2.24) is 10.2 Å². The Morgan fingerprint density at radius 1 is 0.929 bits per heavy atom. The number of hydrogen-bond donors (Lipinski definition) is 1. The van der Waals surface area contributed by atoms with E-state index >= 15 is 0 Å². The average molecular weight is 386 g/mol. The Hall–Kier alpha value is -2.67. The smallest absolute Gasteiger partial charge is 0.322 e. The van der Waals surface area contributed by atoms with Crippen molar-refractivity contribution < 1.29 is 13.6 Å². The second-order valence-electron chi connectivity index (χ2n) is 7.44. The highest BCUT2D eigenvalue weighted by Gasteiger charge is 2.29. The predicted molar refractivity (Wildman–Crippen MR) is 106 cm³/mol. The molecule has 0 unspecified atom stereocenters. The van der Waals surface area contributed by atoms with Crippen LogP contribution in [0.25, 0.3) is 0 Å². The molecule has 2 aliphatic heterocycles. The number of urea groups is 1. The van der Waals surface area contributed by atoms with Crippen molar-refractivity contribution in [2.24, 2.45) is 0 Å². The van der Waals surface area contributed by atoms with Gasteiger partial charge in [0.25, 0.3) is 0 Å². The van der Waals surface area contributed by atoms with Crippen LogP contribution < -0.4 is 15.1 Å². The van der Waals surface area contributed by atoms with Crippen LogP contribution in [0.4, 0.5) is 30.6 Å². The van der Waals surface area contributed by atoms with Crippen LogP contribution in [0.3, 0.4) is 0 Å². The number of fused-ring (bicyclic) bond motifs is 1. The zero-order valence-corrected chi connectivity index (χ0v) is 15.9. The number of nitrogens with zero attached hydrogens (tertiary/aromatic N) is 3. The van der Waals surface area contributed by atoms with E-state index < -0.39 is 0 Å². The minimum atomic E-state index is -0.372. The van der Waals surface area contributed by atoms with Gasteiger partial charge in [0, 0.05) is 24.8 Å². The SMILES string of the molecule is CN1CCC(NC(=O)N2CCN(c3ccc(F)cc3)c3cc(F)ccc32)CC1. The molecule has 0 radical (unpaired) electrons. The van der Waals surface area contributed by atoms with Gasteiger partial charge in [-0.05, 0) is 75.4 Å². The van der Waals surface area contributed by atoms with Gasteiger partial charge in [-0.3, -0.25) is 4.90 Å². The molecule has 1 saturated heterocycles. The number of benzene rings is 2. The summed E-state index contributed by atoms with van der Waals surface area (Å²) in [5, 5.41) is 3.13. The van der Waals surface area contributed by atoms with Crippen molar-refractivity contribution in [3.05, 3.63) is 54.1 Å². The fourth-order valence-corrected chi connectivity index (χ4v) is 3.89. The molecule has 0 aliphatic carbocycles. The molecule has 1 fully saturated rings. The molecular formula is C21H24F2N4O. The Kier molecular flexibility index (Phi) is 5.17. The largest absolute Gasteiger partial charge is 0.338 e. The second-order valence-corrected chi connectivity index (χ2v) is 7.44. The van der Waals surface area contributed by atoms with Crippen LogP contribution in [-0.4, -0.2) is 50.2 Å². The Labute approximate surface area is 163 Å². The Morgan fingerprint density at radius 3 is 2.32 bits per heavy atom. The third kappa shape index (κ3) is 3.80. The standard InChI is InChI=1S/C21H24F2N4O/c1-25-10-8-17(9-11-25)24-21(28)27-13-12-26(18-5-2-15(22)3-6-18)20-14-16(23)4-7-19(20)27/h2-7,14,17H,8-13H2,1H3,(H,24,28). The lowest BCUT2D eigenvalue weighted by Gasteiger charge is -2.39. The fourth-order valence-electron chi connectivity index (χ4n) is 3.89. The summed E-state index contributed by atoms with van der Waals surface area (Å²) < 4.78 is 27.3. The van der Waals surface area contributed by atoms with E-state index in [1.54, 1.807) is 23.1 Å². The molecule has 0 aromatic heterocycles. The molecule has 7 heteroatoms. The molecule has 2 heterocycles. The molecule has 0 saturated carbocycles. The quantitative estimate of drug-likeness (QED) is 0.855. The van der Waals surface area contributed by atoms with E-state index in [1.807, 2.05) is 4.90 Å². The van der Waals surface area contributed by atoms with Crippen LogP contribution in [0.1, 0.15) is 12.8 Å². The van der Waals surface area contributed by atoms with E-state index in [2.05, 4.69) is 17.3 Å². The average Bonchev–Trinajstić information content (AvgIpc) is 2.69. The Bertz CT molecular complexity index is 850. The molecule has 2 amide bonds. The Morgan fingerprint density at radius 2 is 1.61 bits per heavy atom. The summed E-state index contributed by atoms with van der Waals surface area (Å²) in [6, 6.07) is 10.5. The number of halogens is 2. The number of amides is 2. The van der Waals surface area contributed by atoms with Gasteiger partial charge in [0.05, 0.1) is 11.4 Å². The van der Waals surface area contributed by atoms with Crippen molar-refractivity contribution in [1.29, 1.82) is 0 Å². The van der Waals surface area contributed by atoms with Crippen LogP contribution in [0, 0.1) is 11.6 Å². The van der Waals surface area contributed by atoms with Gasteiger partial charge in [-0.2, -0.15) is 0 Å². The van der Waals surface area contributed by atoms with Crippen LogP contribution >= 0.6 is 0 Å². The summed E-state index contributed by atoms with van der Waals surface area (Å²) in [5.41, 5.74) is 2.03. The van der Waals surface area contributed by atoms with Gasteiger partial charge in [-0.15, -0.1) is 0 Å². The summed E-state index contributed by atoms with van der Waals surface area (Å²) in [6.07, 6.45) is 1.85. The highest BCUT2D eigenvalue weighted by Crippen LogP contribution is 2.38. The maximum Gasteiger partial charge on any atom is 0.322 e. The molecule has 0 atom stereocenters. The van der Waals surface area contributed by atoms with Crippen LogP contribution in [-0.2, 0) is 0 Å². The van der Waals surface area contributed by atoms with E-state index in [1.165, 1.54) is 24.3 Å². The van der Waals surface area contributed by atoms with E-state index in [9.17, 15) is 13.6 Å². The van der Waals surface area contributed by atoms with Crippen LogP contribution in [0.15, 0.2) is 42.5 Å². The first-order valence-electron chi connectivity index (χ1n) is 9.60. The predicted octanol–water partition coefficient (Wildman–Crippen LogP) is 3.73. The molecule has 2 aromatic rings. The number of hydrogen-bond acceptors (Lipinski definition) is 3. The van der Waals surface area contributed by atoms with Gasteiger partial charge in [-0.1, -0.05) is 0 Å². The highest BCUT2D eigenvalue weighted by atomic mass is 19.1. The third-order valence-corrected chi connectivity index (χ3v) is 5.50. The lowest BCUT2D eigenvalue weighted by molar-refractivity contribution is 0.217. The van der Waals surface area contributed by atoms with E-state index in [4.69, 9.17) is 0 Å². The van der Waals surface area contributed by atoms with Crippen LogP contribution in [0.5, 0.6) is 0 Å². The van der Waals surface area contributed by atoms with Crippen molar-refractivity contribution in [2.75, 3.05) is 43.0 Å². The van der Waals surface area contributed by atoms with Gasteiger partial charge >= 0.3 is 6.03 Å². The van der Waals surface area contributed by atoms with Gasteiger partial charge < -0.3 is 15.1 Å².